The molecule has 0 aromatic carbocycles. The van der Waals surface area contributed by atoms with Crippen molar-refractivity contribution in [3.8, 4) is 0 Å². The van der Waals surface area contributed by atoms with E-state index in [4.69, 9.17) is 0 Å². The Morgan fingerprint density at radius 3 is 1.77 bits per heavy atom. The molecule has 134 valence electrons. The zero-order valence-corrected chi connectivity index (χ0v) is 14.2. The van der Waals surface area contributed by atoms with Crippen LogP contribution in [0.15, 0.2) is 18.7 Å². The van der Waals surface area contributed by atoms with Crippen molar-refractivity contribution in [3.05, 3.63) is 18.7 Å². The molecule has 22 heavy (non-hydrogen) atoms. The minimum atomic E-state index is -10.7. The van der Waals surface area contributed by atoms with Gasteiger partial charge < -0.3 is 0 Å². The van der Waals surface area contributed by atoms with E-state index in [-0.39, 0.29) is 0 Å². The van der Waals surface area contributed by atoms with E-state index in [2.05, 4.69) is 55.6 Å². The van der Waals surface area contributed by atoms with Crippen LogP contribution < -0.4 is 4.57 Å². The van der Waals surface area contributed by atoms with Gasteiger partial charge in [0.2, 0.25) is 6.33 Å². The van der Waals surface area contributed by atoms with Gasteiger partial charge in [-0.3, -0.25) is 0 Å². The summed E-state index contributed by atoms with van der Waals surface area (Å²) in [7, 11) is -10.7. The predicted molar refractivity (Wildman–Crippen MR) is 77.1 cm³/mol. The van der Waals surface area contributed by atoms with Gasteiger partial charge in [-0.05, 0) is 24.7 Å². The monoisotopic (exact) mass is 354 g/mol. The molecule has 0 bridgehead atoms. The van der Waals surface area contributed by atoms with Crippen LogP contribution in [0.1, 0.15) is 40.5 Å². The molecule has 1 heterocycles. The Hall–Kier alpha value is -0.780. The topological polar surface area (TPSA) is 8.81 Å². The molecule has 2 nitrogen and oxygen atoms in total. The van der Waals surface area contributed by atoms with Crippen molar-refractivity contribution in [2.75, 3.05) is 0 Å². The molecule has 0 atom stereocenters. The standard InChI is InChI=1S/C13H25N2.F6P/c1-12(2)5-7-14-9-10-15(11-14)8-6-13(3)4;1-7(2,3,4,5)6/h9-13H,5-8H2,1-4H3;/q+1;-1. The van der Waals surface area contributed by atoms with Crippen molar-refractivity contribution in [3.63, 3.8) is 0 Å². The van der Waals surface area contributed by atoms with E-state index in [0.717, 1.165) is 24.9 Å². The molecular formula is C13H25F6N2P. The summed E-state index contributed by atoms with van der Waals surface area (Å²) in [6.45, 7) is 11.4. The van der Waals surface area contributed by atoms with Crippen LogP contribution in [0.4, 0.5) is 25.2 Å². The van der Waals surface area contributed by atoms with Crippen LogP contribution in [0.3, 0.4) is 0 Å². The van der Waals surface area contributed by atoms with Crippen LogP contribution in [-0.2, 0) is 13.1 Å². The van der Waals surface area contributed by atoms with Crippen LogP contribution in [-0.4, -0.2) is 4.57 Å². The summed E-state index contributed by atoms with van der Waals surface area (Å²) in [5, 5.41) is 0. The quantitative estimate of drug-likeness (QED) is 0.324. The van der Waals surface area contributed by atoms with Gasteiger partial charge in [0.05, 0.1) is 13.1 Å². The van der Waals surface area contributed by atoms with E-state index < -0.39 is 7.81 Å². The summed E-state index contributed by atoms with van der Waals surface area (Å²) >= 11 is 0. The summed E-state index contributed by atoms with van der Waals surface area (Å²) in [5.41, 5.74) is 0. The number of rotatable bonds is 6. The first kappa shape index (κ1) is 21.2. The van der Waals surface area contributed by atoms with Crippen LogP contribution in [0.2, 0.25) is 0 Å². The zero-order valence-electron chi connectivity index (χ0n) is 13.3. The molecule has 1 aromatic rings. The van der Waals surface area contributed by atoms with Crippen molar-refractivity contribution in [2.45, 2.75) is 53.6 Å². The van der Waals surface area contributed by atoms with Crippen LogP contribution in [0.25, 0.3) is 0 Å². The van der Waals surface area contributed by atoms with E-state index in [1.54, 1.807) is 0 Å². The SMILES string of the molecule is CC(C)CCn1cc[n+](CCC(C)C)c1.F[P-](F)(F)(F)(F)F. The van der Waals surface area contributed by atoms with Crippen LogP contribution >= 0.6 is 7.81 Å². The third-order valence-corrected chi connectivity index (χ3v) is 2.68. The molecule has 0 N–H and O–H groups in total. The summed E-state index contributed by atoms with van der Waals surface area (Å²) in [6, 6.07) is 0. The normalized spacial score (nSPS) is 15.3. The van der Waals surface area contributed by atoms with Gasteiger partial charge in [0.15, 0.2) is 0 Å². The van der Waals surface area contributed by atoms with Gasteiger partial charge in [0.25, 0.3) is 0 Å². The average Bonchev–Trinajstić information content (AvgIpc) is 2.67. The Bertz CT molecular complexity index is 412. The fraction of sp³-hybridized carbons (Fsp3) is 0.769. The van der Waals surface area contributed by atoms with Gasteiger partial charge >= 0.3 is 33.0 Å². The number of halogens is 6. The first-order valence-electron chi connectivity index (χ1n) is 7.14. The fourth-order valence-corrected chi connectivity index (χ4v) is 1.52. The third kappa shape index (κ3) is 19.2. The Morgan fingerprint density at radius 2 is 1.36 bits per heavy atom. The molecule has 0 radical (unpaired) electrons. The molecule has 0 unspecified atom stereocenters. The Morgan fingerprint density at radius 1 is 0.909 bits per heavy atom. The average molecular weight is 354 g/mol. The van der Waals surface area contributed by atoms with Crippen LogP contribution in [0, 0.1) is 11.8 Å². The van der Waals surface area contributed by atoms with Gasteiger partial charge in [0, 0.05) is 0 Å². The minimum absolute atomic E-state index is 0.788. The molecule has 0 aliphatic rings. The zero-order chi connectivity index (χ0) is 17.7. The number of nitrogens with zero attached hydrogens (tertiary/aromatic N) is 2. The second-order valence-corrected chi connectivity index (χ2v) is 8.13. The second-order valence-electron chi connectivity index (χ2n) is 6.21. The maximum absolute atomic E-state index is 10.7. The van der Waals surface area contributed by atoms with Crippen molar-refractivity contribution in [1.82, 2.24) is 4.57 Å². The summed E-state index contributed by atoms with van der Waals surface area (Å²) < 4.78 is 63.8. The fourth-order valence-electron chi connectivity index (χ4n) is 1.52. The van der Waals surface area contributed by atoms with E-state index >= 15 is 0 Å². The van der Waals surface area contributed by atoms with Crippen molar-refractivity contribution in [1.29, 1.82) is 0 Å². The summed E-state index contributed by atoms with van der Waals surface area (Å²) in [6.07, 6.45) is 9.12. The summed E-state index contributed by atoms with van der Waals surface area (Å²) in [4.78, 5) is 0. The third-order valence-electron chi connectivity index (χ3n) is 2.68. The molecule has 0 aliphatic heterocycles. The molecule has 0 saturated heterocycles. The van der Waals surface area contributed by atoms with Gasteiger partial charge in [0.1, 0.15) is 12.4 Å². The molecule has 0 spiro atoms. The number of aryl methyl sites for hydroxylation is 2. The molecule has 1 rings (SSSR count). The Balaban J connectivity index is 0.000000534. The Labute approximate surface area is 127 Å². The molecule has 9 heteroatoms. The van der Waals surface area contributed by atoms with Gasteiger partial charge in [-0.1, -0.05) is 27.7 Å². The van der Waals surface area contributed by atoms with Crippen LogP contribution in [0.5, 0.6) is 0 Å². The van der Waals surface area contributed by atoms with Crippen molar-refractivity contribution >= 4 is 7.81 Å². The molecule has 0 amide bonds. The molecular weight excluding hydrogens is 329 g/mol. The van der Waals surface area contributed by atoms with E-state index in [1.807, 2.05) is 0 Å². The number of hydrogen-bond acceptors (Lipinski definition) is 0. The van der Waals surface area contributed by atoms with E-state index in [9.17, 15) is 25.2 Å². The number of hydrogen-bond donors (Lipinski definition) is 0. The number of aromatic nitrogens is 2. The van der Waals surface area contributed by atoms with E-state index in [1.165, 1.54) is 12.8 Å². The number of imidazole rings is 1. The Kier molecular flexibility index (Phi) is 6.53. The van der Waals surface area contributed by atoms with Crippen molar-refractivity contribution < 1.29 is 29.7 Å². The molecule has 0 fully saturated rings. The summed E-state index contributed by atoms with van der Waals surface area (Å²) in [5.74, 6) is 1.58. The van der Waals surface area contributed by atoms with E-state index in [0.29, 0.717) is 0 Å². The predicted octanol–water partition coefficient (Wildman–Crippen LogP) is 6.25. The molecule has 1 aromatic heterocycles. The maximum atomic E-state index is 9.87. The van der Waals surface area contributed by atoms with Crippen molar-refractivity contribution in [2.24, 2.45) is 11.8 Å². The van der Waals surface area contributed by atoms with Gasteiger partial charge in [-0.15, -0.1) is 0 Å². The molecule has 0 aliphatic carbocycles. The first-order chi connectivity index (χ1) is 9.52. The second kappa shape index (κ2) is 6.77. The van der Waals surface area contributed by atoms with Gasteiger partial charge in [-0.2, -0.15) is 0 Å². The first-order valence-corrected chi connectivity index (χ1v) is 9.17. The van der Waals surface area contributed by atoms with Gasteiger partial charge in [-0.25, -0.2) is 9.13 Å². The molecule has 0 saturated carbocycles.